The molecule has 0 amide bonds. The Kier molecular flexibility index (Phi) is 5.18. The van der Waals surface area contributed by atoms with Gasteiger partial charge in [-0.1, -0.05) is 6.92 Å². The van der Waals surface area contributed by atoms with Crippen molar-refractivity contribution in [2.24, 2.45) is 5.73 Å². The predicted molar refractivity (Wildman–Crippen MR) is 71.1 cm³/mol. The number of methoxy groups -OCH3 is 1. The number of nitrogens with two attached hydrogens (primary N) is 1. The minimum atomic E-state index is -0.0512. The second kappa shape index (κ2) is 6.88. The van der Waals surface area contributed by atoms with Crippen LogP contribution in [0.5, 0.6) is 5.75 Å². The van der Waals surface area contributed by atoms with Gasteiger partial charge in [0, 0.05) is 26.1 Å². The summed E-state index contributed by atoms with van der Waals surface area (Å²) in [5.41, 5.74) is 5.94. The number of aromatic nitrogens is 2. The van der Waals surface area contributed by atoms with E-state index in [9.17, 15) is 0 Å². The van der Waals surface area contributed by atoms with Crippen molar-refractivity contribution in [3.8, 4) is 5.75 Å². The fourth-order valence-corrected chi connectivity index (χ4v) is 2.16. The average molecular weight is 269 g/mol. The Labute approximate surface area is 113 Å². The van der Waals surface area contributed by atoms with Gasteiger partial charge in [-0.15, -0.1) is 0 Å². The zero-order valence-electron chi connectivity index (χ0n) is 11.6. The van der Waals surface area contributed by atoms with Gasteiger partial charge in [0.25, 0.3) is 0 Å². The summed E-state index contributed by atoms with van der Waals surface area (Å²) >= 11 is 0. The maximum absolute atomic E-state index is 5.94. The summed E-state index contributed by atoms with van der Waals surface area (Å²) in [5.74, 6) is 0.783. The van der Waals surface area contributed by atoms with E-state index in [2.05, 4.69) is 12.0 Å². The van der Waals surface area contributed by atoms with E-state index in [1.165, 1.54) is 0 Å². The van der Waals surface area contributed by atoms with Gasteiger partial charge < -0.3 is 19.9 Å². The van der Waals surface area contributed by atoms with Gasteiger partial charge in [0.1, 0.15) is 12.2 Å². The first-order valence-corrected chi connectivity index (χ1v) is 6.79. The third-order valence-electron chi connectivity index (χ3n) is 3.24. The molecule has 0 saturated heterocycles. The van der Waals surface area contributed by atoms with Gasteiger partial charge in [0.15, 0.2) is 5.75 Å². The fraction of sp³-hybridized carbons (Fsp3) is 0.769. The Bertz CT molecular complexity index is 383. The minimum absolute atomic E-state index is 0.0196. The second-order valence-electron chi connectivity index (χ2n) is 4.82. The highest BCUT2D eigenvalue weighted by atomic mass is 16.6. The van der Waals surface area contributed by atoms with Crippen molar-refractivity contribution >= 4 is 0 Å². The van der Waals surface area contributed by atoms with Crippen molar-refractivity contribution in [1.82, 2.24) is 9.78 Å². The van der Waals surface area contributed by atoms with Crippen LogP contribution in [-0.4, -0.2) is 48.4 Å². The van der Waals surface area contributed by atoms with E-state index in [0.29, 0.717) is 13.2 Å². The zero-order valence-corrected chi connectivity index (χ0v) is 11.6. The lowest BCUT2D eigenvalue weighted by molar-refractivity contribution is -0.107. The zero-order chi connectivity index (χ0) is 13.7. The lowest BCUT2D eigenvalue weighted by Gasteiger charge is -2.41. The molecule has 1 aliphatic carbocycles. The largest absolute Gasteiger partial charge is 0.484 e. The van der Waals surface area contributed by atoms with Gasteiger partial charge in [-0.05, 0) is 6.42 Å². The first kappa shape index (κ1) is 14.3. The van der Waals surface area contributed by atoms with Crippen molar-refractivity contribution in [2.75, 3.05) is 20.3 Å². The van der Waals surface area contributed by atoms with Crippen LogP contribution in [0.4, 0.5) is 0 Å². The molecule has 6 heteroatoms. The van der Waals surface area contributed by atoms with Crippen LogP contribution in [0.1, 0.15) is 19.8 Å². The Hall–Kier alpha value is -1.11. The summed E-state index contributed by atoms with van der Waals surface area (Å²) in [7, 11) is 1.65. The lowest BCUT2D eigenvalue weighted by atomic mass is 9.86. The Morgan fingerprint density at radius 1 is 1.47 bits per heavy atom. The number of nitrogens with zero attached hydrogens (tertiary/aromatic N) is 2. The van der Waals surface area contributed by atoms with Crippen LogP contribution >= 0.6 is 0 Å². The summed E-state index contributed by atoms with van der Waals surface area (Å²) in [6.45, 7) is 4.14. The second-order valence-corrected chi connectivity index (χ2v) is 4.82. The molecule has 108 valence electrons. The molecule has 1 fully saturated rings. The van der Waals surface area contributed by atoms with Gasteiger partial charge >= 0.3 is 0 Å². The summed E-state index contributed by atoms with van der Waals surface area (Å²) in [4.78, 5) is 0. The number of rotatable bonds is 8. The molecule has 1 heterocycles. The topological polar surface area (TPSA) is 71.5 Å². The molecular weight excluding hydrogens is 246 g/mol. The molecule has 6 nitrogen and oxygen atoms in total. The fourth-order valence-electron chi connectivity index (χ4n) is 2.16. The SMILES string of the molecule is CCCn1cc(OC2CC(N)C2OCCOC)cn1. The minimum Gasteiger partial charge on any atom is -0.484 e. The van der Waals surface area contributed by atoms with Crippen molar-refractivity contribution in [1.29, 1.82) is 0 Å². The van der Waals surface area contributed by atoms with Gasteiger partial charge in [0.05, 0.1) is 25.6 Å². The molecule has 1 saturated carbocycles. The third-order valence-corrected chi connectivity index (χ3v) is 3.24. The van der Waals surface area contributed by atoms with E-state index in [1.807, 2.05) is 10.9 Å². The number of hydrogen-bond donors (Lipinski definition) is 1. The average Bonchev–Trinajstić information content (AvgIpc) is 2.82. The summed E-state index contributed by atoms with van der Waals surface area (Å²) in [6.07, 6.45) is 5.50. The smallest absolute Gasteiger partial charge is 0.157 e. The molecule has 0 aliphatic heterocycles. The summed E-state index contributed by atoms with van der Waals surface area (Å²) < 4.78 is 18.4. The normalized spacial score (nSPS) is 26.2. The quantitative estimate of drug-likeness (QED) is 0.707. The molecule has 0 aromatic carbocycles. The van der Waals surface area contributed by atoms with Gasteiger partial charge in [-0.2, -0.15) is 5.10 Å². The van der Waals surface area contributed by atoms with Crippen LogP contribution < -0.4 is 10.5 Å². The number of aryl methyl sites for hydroxylation is 1. The molecule has 19 heavy (non-hydrogen) atoms. The van der Waals surface area contributed by atoms with Gasteiger partial charge in [0.2, 0.25) is 0 Å². The Morgan fingerprint density at radius 2 is 2.32 bits per heavy atom. The van der Waals surface area contributed by atoms with E-state index in [0.717, 1.165) is 25.1 Å². The molecule has 1 aromatic heterocycles. The van der Waals surface area contributed by atoms with Crippen LogP contribution in [0.3, 0.4) is 0 Å². The molecule has 1 aromatic rings. The van der Waals surface area contributed by atoms with Gasteiger partial charge in [-0.3, -0.25) is 4.68 Å². The van der Waals surface area contributed by atoms with E-state index in [-0.39, 0.29) is 18.2 Å². The van der Waals surface area contributed by atoms with E-state index in [1.54, 1.807) is 13.3 Å². The summed E-state index contributed by atoms with van der Waals surface area (Å²) in [5, 5.41) is 4.24. The lowest BCUT2D eigenvalue weighted by Crippen LogP contribution is -2.59. The molecule has 0 bridgehead atoms. The molecule has 1 aliphatic rings. The monoisotopic (exact) mass is 269 g/mol. The van der Waals surface area contributed by atoms with Crippen molar-refractivity contribution in [3.63, 3.8) is 0 Å². The van der Waals surface area contributed by atoms with Crippen LogP contribution in [0, 0.1) is 0 Å². The molecule has 3 unspecified atom stereocenters. The Balaban J connectivity index is 1.80. The molecule has 2 rings (SSSR count). The van der Waals surface area contributed by atoms with E-state index >= 15 is 0 Å². The van der Waals surface area contributed by atoms with Crippen molar-refractivity contribution < 1.29 is 14.2 Å². The highest BCUT2D eigenvalue weighted by Crippen LogP contribution is 2.27. The van der Waals surface area contributed by atoms with E-state index < -0.39 is 0 Å². The van der Waals surface area contributed by atoms with Crippen molar-refractivity contribution in [2.45, 2.75) is 44.6 Å². The summed E-state index contributed by atoms with van der Waals surface area (Å²) in [6, 6.07) is 0.0487. The first-order valence-electron chi connectivity index (χ1n) is 6.79. The first-order chi connectivity index (χ1) is 9.24. The number of hydrogen-bond acceptors (Lipinski definition) is 5. The van der Waals surface area contributed by atoms with Crippen LogP contribution in [0.2, 0.25) is 0 Å². The van der Waals surface area contributed by atoms with E-state index in [4.69, 9.17) is 19.9 Å². The third kappa shape index (κ3) is 3.68. The molecule has 2 N–H and O–H groups in total. The highest BCUT2D eigenvalue weighted by molar-refractivity contribution is 5.14. The predicted octanol–water partition coefficient (Wildman–Crippen LogP) is 0.803. The van der Waals surface area contributed by atoms with Crippen molar-refractivity contribution in [3.05, 3.63) is 12.4 Å². The molecule has 0 radical (unpaired) electrons. The standard InChI is InChI=1S/C13H23N3O3/c1-3-4-16-9-10(8-15-16)19-12-7-11(14)13(12)18-6-5-17-2/h8-9,11-13H,3-7,14H2,1-2H3. The van der Waals surface area contributed by atoms with Gasteiger partial charge in [-0.25, -0.2) is 0 Å². The van der Waals surface area contributed by atoms with Crippen LogP contribution in [0.25, 0.3) is 0 Å². The molecule has 0 spiro atoms. The maximum Gasteiger partial charge on any atom is 0.157 e. The maximum atomic E-state index is 5.94. The molecular formula is C13H23N3O3. The highest BCUT2D eigenvalue weighted by Gasteiger charge is 2.41. The molecule has 3 atom stereocenters. The van der Waals surface area contributed by atoms with Crippen LogP contribution in [-0.2, 0) is 16.0 Å². The number of ether oxygens (including phenoxy) is 3. The van der Waals surface area contributed by atoms with Crippen LogP contribution in [0.15, 0.2) is 12.4 Å². The Morgan fingerprint density at radius 3 is 3.00 bits per heavy atom.